The Hall–Kier alpha value is -2.18. The van der Waals surface area contributed by atoms with E-state index in [0.29, 0.717) is 18.1 Å². The van der Waals surface area contributed by atoms with E-state index >= 15 is 0 Å². The zero-order chi connectivity index (χ0) is 17.4. The molecule has 4 rings (SSSR count). The fourth-order valence-corrected chi connectivity index (χ4v) is 3.46. The van der Waals surface area contributed by atoms with Gasteiger partial charge in [-0.15, -0.1) is 0 Å². The van der Waals surface area contributed by atoms with E-state index in [0.717, 1.165) is 32.7 Å². The topological polar surface area (TPSA) is 46.2 Å². The Bertz CT molecular complexity index is 846. The summed E-state index contributed by atoms with van der Waals surface area (Å²) in [5, 5.41) is 0. The van der Waals surface area contributed by atoms with E-state index in [-0.39, 0.29) is 12.9 Å². The van der Waals surface area contributed by atoms with Gasteiger partial charge in [0.15, 0.2) is 23.0 Å². The van der Waals surface area contributed by atoms with Crippen molar-refractivity contribution in [3.8, 4) is 23.0 Å². The SMILES string of the molecule is COc1cc(Br)c(/C=C/C2OCc3cc4c(cc32)OCO4)cc1OC. The molecule has 0 N–H and O–H groups in total. The van der Waals surface area contributed by atoms with E-state index in [9.17, 15) is 0 Å². The molecule has 2 aromatic rings. The highest BCUT2D eigenvalue weighted by Gasteiger charge is 2.26. The molecule has 0 aromatic heterocycles. The minimum Gasteiger partial charge on any atom is -0.493 e. The molecule has 0 saturated heterocycles. The zero-order valence-electron chi connectivity index (χ0n) is 13.9. The summed E-state index contributed by atoms with van der Waals surface area (Å²) in [6.07, 6.45) is 3.92. The lowest BCUT2D eigenvalue weighted by Gasteiger charge is -2.11. The second-order valence-corrected chi connectivity index (χ2v) is 6.58. The van der Waals surface area contributed by atoms with E-state index < -0.39 is 0 Å². The van der Waals surface area contributed by atoms with Crippen LogP contribution >= 0.6 is 15.9 Å². The lowest BCUT2D eigenvalue weighted by molar-refractivity contribution is 0.0992. The summed E-state index contributed by atoms with van der Waals surface area (Å²) in [5.41, 5.74) is 3.22. The highest BCUT2D eigenvalue weighted by atomic mass is 79.9. The summed E-state index contributed by atoms with van der Waals surface area (Å²) >= 11 is 3.57. The number of benzene rings is 2. The summed E-state index contributed by atoms with van der Waals surface area (Å²) in [7, 11) is 3.24. The molecule has 130 valence electrons. The largest absolute Gasteiger partial charge is 0.493 e. The average Bonchev–Trinajstić information content (AvgIpc) is 3.24. The van der Waals surface area contributed by atoms with Crippen molar-refractivity contribution in [2.75, 3.05) is 21.0 Å². The molecule has 2 aliphatic heterocycles. The van der Waals surface area contributed by atoms with Crippen LogP contribution in [0.15, 0.2) is 34.8 Å². The second kappa shape index (κ2) is 6.61. The molecule has 0 radical (unpaired) electrons. The number of hydrogen-bond acceptors (Lipinski definition) is 5. The van der Waals surface area contributed by atoms with Gasteiger partial charge in [0, 0.05) is 4.47 Å². The molecular weight excluding hydrogens is 388 g/mol. The van der Waals surface area contributed by atoms with Crippen LogP contribution in [0.2, 0.25) is 0 Å². The van der Waals surface area contributed by atoms with E-state index in [1.165, 1.54) is 0 Å². The molecule has 6 heteroatoms. The van der Waals surface area contributed by atoms with Crippen molar-refractivity contribution in [3.63, 3.8) is 0 Å². The Morgan fingerprint density at radius 2 is 1.76 bits per heavy atom. The van der Waals surface area contributed by atoms with Gasteiger partial charge in [0.25, 0.3) is 0 Å². The first-order valence-corrected chi connectivity index (χ1v) is 8.62. The highest BCUT2D eigenvalue weighted by Crippen LogP contribution is 2.42. The Balaban J connectivity index is 1.62. The van der Waals surface area contributed by atoms with Crippen LogP contribution < -0.4 is 18.9 Å². The maximum Gasteiger partial charge on any atom is 0.231 e. The van der Waals surface area contributed by atoms with Crippen LogP contribution in [0.1, 0.15) is 22.8 Å². The molecule has 0 saturated carbocycles. The Morgan fingerprint density at radius 3 is 2.52 bits per heavy atom. The third-order valence-electron chi connectivity index (χ3n) is 4.31. The van der Waals surface area contributed by atoms with Gasteiger partial charge in [-0.05, 0) is 41.0 Å². The molecule has 1 atom stereocenters. The van der Waals surface area contributed by atoms with Crippen LogP contribution in [-0.4, -0.2) is 21.0 Å². The molecular formula is C19H17BrO5. The fraction of sp³-hybridized carbons (Fsp3) is 0.263. The molecule has 0 aliphatic carbocycles. The van der Waals surface area contributed by atoms with Crippen molar-refractivity contribution in [1.82, 2.24) is 0 Å². The Morgan fingerprint density at radius 1 is 1.04 bits per heavy atom. The number of ether oxygens (including phenoxy) is 5. The Kier molecular flexibility index (Phi) is 4.31. The first kappa shape index (κ1) is 16.3. The molecule has 2 aromatic carbocycles. The minimum atomic E-state index is -0.121. The van der Waals surface area contributed by atoms with Gasteiger partial charge < -0.3 is 23.7 Å². The van der Waals surface area contributed by atoms with Gasteiger partial charge in [0.1, 0.15) is 6.10 Å². The lowest BCUT2D eigenvalue weighted by Crippen LogP contribution is -1.94. The second-order valence-electron chi connectivity index (χ2n) is 5.72. The average molecular weight is 405 g/mol. The standard InChI is InChI=1S/C19H17BrO5/c1-21-16-5-11(14(20)8-17(16)22-2)3-4-15-13-7-19-18(24-10-25-19)6-12(13)9-23-15/h3-8,15H,9-10H2,1-2H3/b4-3+. The van der Waals surface area contributed by atoms with E-state index in [1.54, 1.807) is 14.2 Å². The Labute approximate surface area is 154 Å². The third kappa shape index (κ3) is 2.96. The molecule has 5 nitrogen and oxygen atoms in total. The van der Waals surface area contributed by atoms with Crippen LogP contribution in [0.5, 0.6) is 23.0 Å². The zero-order valence-corrected chi connectivity index (χ0v) is 15.5. The van der Waals surface area contributed by atoms with E-state index in [1.807, 2.05) is 36.4 Å². The van der Waals surface area contributed by atoms with Crippen LogP contribution in [0.25, 0.3) is 6.08 Å². The number of halogens is 1. The maximum atomic E-state index is 5.90. The van der Waals surface area contributed by atoms with Crippen molar-refractivity contribution in [2.24, 2.45) is 0 Å². The molecule has 0 amide bonds. The van der Waals surface area contributed by atoms with Crippen molar-refractivity contribution in [2.45, 2.75) is 12.7 Å². The molecule has 2 heterocycles. The van der Waals surface area contributed by atoms with Gasteiger partial charge in [-0.1, -0.05) is 28.1 Å². The summed E-state index contributed by atoms with van der Waals surface area (Å²) in [4.78, 5) is 0. The predicted molar refractivity (Wildman–Crippen MR) is 96.4 cm³/mol. The van der Waals surface area contributed by atoms with Gasteiger partial charge in [0.05, 0.1) is 20.8 Å². The summed E-state index contributed by atoms with van der Waals surface area (Å²) in [5.74, 6) is 2.92. The summed E-state index contributed by atoms with van der Waals surface area (Å²) in [6.45, 7) is 0.840. The van der Waals surface area contributed by atoms with Crippen LogP contribution in [0, 0.1) is 0 Å². The third-order valence-corrected chi connectivity index (χ3v) is 5.00. The van der Waals surface area contributed by atoms with Crippen LogP contribution in [-0.2, 0) is 11.3 Å². The molecule has 0 bridgehead atoms. The number of rotatable bonds is 4. The first-order chi connectivity index (χ1) is 12.2. The lowest BCUT2D eigenvalue weighted by atomic mass is 10.0. The maximum absolute atomic E-state index is 5.90. The number of fused-ring (bicyclic) bond motifs is 2. The number of methoxy groups -OCH3 is 2. The first-order valence-electron chi connectivity index (χ1n) is 7.83. The van der Waals surface area contributed by atoms with Crippen molar-refractivity contribution in [3.05, 3.63) is 51.5 Å². The molecule has 0 spiro atoms. The van der Waals surface area contributed by atoms with Gasteiger partial charge in [0.2, 0.25) is 6.79 Å². The number of hydrogen-bond donors (Lipinski definition) is 0. The fourth-order valence-electron chi connectivity index (χ4n) is 3.01. The normalized spacial score (nSPS) is 17.8. The monoisotopic (exact) mass is 404 g/mol. The van der Waals surface area contributed by atoms with Gasteiger partial charge >= 0.3 is 0 Å². The highest BCUT2D eigenvalue weighted by molar-refractivity contribution is 9.10. The van der Waals surface area contributed by atoms with E-state index in [2.05, 4.69) is 15.9 Å². The summed E-state index contributed by atoms with van der Waals surface area (Å²) in [6, 6.07) is 7.82. The van der Waals surface area contributed by atoms with Crippen LogP contribution in [0.3, 0.4) is 0 Å². The minimum absolute atomic E-state index is 0.121. The van der Waals surface area contributed by atoms with Crippen molar-refractivity contribution < 1.29 is 23.7 Å². The summed E-state index contributed by atoms with van der Waals surface area (Å²) < 4.78 is 28.4. The van der Waals surface area contributed by atoms with Crippen molar-refractivity contribution >= 4 is 22.0 Å². The van der Waals surface area contributed by atoms with Crippen molar-refractivity contribution in [1.29, 1.82) is 0 Å². The predicted octanol–water partition coefficient (Wildman–Crippen LogP) is 4.48. The van der Waals surface area contributed by atoms with Gasteiger partial charge in [-0.25, -0.2) is 0 Å². The van der Waals surface area contributed by atoms with Crippen LogP contribution in [0.4, 0.5) is 0 Å². The quantitative estimate of drug-likeness (QED) is 0.751. The molecule has 2 aliphatic rings. The molecule has 25 heavy (non-hydrogen) atoms. The molecule has 0 fully saturated rings. The van der Waals surface area contributed by atoms with Gasteiger partial charge in [-0.2, -0.15) is 0 Å². The van der Waals surface area contributed by atoms with Gasteiger partial charge in [-0.3, -0.25) is 0 Å². The molecule has 1 unspecified atom stereocenters. The smallest absolute Gasteiger partial charge is 0.231 e. The van der Waals surface area contributed by atoms with E-state index in [4.69, 9.17) is 23.7 Å².